The summed E-state index contributed by atoms with van der Waals surface area (Å²) in [6, 6.07) is 22.3. The highest BCUT2D eigenvalue weighted by atomic mass is 32.2. The van der Waals surface area contributed by atoms with Crippen LogP contribution in [0.4, 0.5) is 0 Å². The number of thiazole rings is 1. The van der Waals surface area contributed by atoms with Crippen molar-refractivity contribution in [3.63, 3.8) is 0 Å². The number of fused-ring (bicyclic) bond motifs is 4. The molecular weight excluding hydrogens is 400 g/mol. The molecule has 4 nitrogen and oxygen atoms in total. The van der Waals surface area contributed by atoms with Gasteiger partial charge < -0.3 is 9.30 Å². The minimum absolute atomic E-state index is 0.0700. The first-order chi connectivity index (χ1) is 14.2. The van der Waals surface area contributed by atoms with E-state index in [4.69, 9.17) is 4.74 Å². The third kappa shape index (κ3) is 3.39. The van der Waals surface area contributed by atoms with Crippen LogP contribution in [0.5, 0.6) is 5.75 Å². The molecule has 0 N–H and O–H groups in total. The second-order valence-corrected chi connectivity index (χ2v) is 8.97. The van der Waals surface area contributed by atoms with Crippen LogP contribution in [0.15, 0.2) is 71.1 Å². The van der Waals surface area contributed by atoms with Crippen molar-refractivity contribution in [3.8, 4) is 5.75 Å². The highest BCUT2D eigenvalue weighted by Crippen LogP contribution is 2.34. The fourth-order valence-corrected chi connectivity index (χ4v) is 5.59. The van der Waals surface area contributed by atoms with E-state index in [0.717, 1.165) is 31.3 Å². The fraction of sp³-hybridized carbons (Fsp3) is 0.130. The number of thioether (sulfide) groups is 1. The van der Waals surface area contributed by atoms with Crippen LogP contribution in [0.25, 0.3) is 32.0 Å². The van der Waals surface area contributed by atoms with Crippen molar-refractivity contribution in [1.82, 2.24) is 9.55 Å². The first-order valence-corrected chi connectivity index (χ1v) is 11.1. The zero-order valence-electron chi connectivity index (χ0n) is 15.8. The Morgan fingerprint density at radius 2 is 1.72 bits per heavy atom. The summed E-state index contributed by atoms with van der Waals surface area (Å²) < 4.78 is 9.45. The van der Waals surface area contributed by atoms with Crippen molar-refractivity contribution < 1.29 is 9.53 Å². The Balaban J connectivity index is 1.44. The highest BCUT2D eigenvalue weighted by molar-refractivity contribution is 8.15. The van der Waals surface area contributed by atoms with Crippen molar-refractivity contribution in [1.29, 1.82) is 0 Å². The summed E-state index contributed by atoms with van der Waals surface area (Å²) in [6.45, 7) is 2.90. The van der Waals surface area contributed by atoms with Crippen molar-refractivity contribution in [2.45, 2.75) is 17.8 Å². The number of ether oxygens (including phenoxy) is 1. The van der Waals surface area contributed by atoms with Gasteiger partial charge in [-0.1, -0.05) is 36.4 Å². The molecule has 6 heteroatoms. The third-order valence-electron chi connectivity index (χ3n) is 4.82. The predicted molar refractivity (Wildman–Crippen MR) is 121 cm³/mol. The van der Waals surface area contributed by atoms with Gasteiger partial charge in [-0.2, -0.15) is 0 Å². The van der Waals surface area contributed by atoms with Crippen molar-refractivity contribution in [2.24, 2.45) is 0 Å². The average molecular weight is 419 g/mol. The largest absolute Gasteiger partial charge is 0.494 e. The molecule has 0 saturated carbocycles. The summed E-state index contributed by atoms with van der Waals surface area (Å²) in [7, 11) is 0. The summed E-state index contributed by atoms with van der Waals surface area (Å²) in [5.74, 6) is 0.830. The molecule has 0 aliphatic heterocycles. The van der Waals surface area contributed by atoms with Gasteiger partial charge in [0.1, 0.15) is 5.75 Å². The zero-order chi connectivity index (χ0) is 19.8. The van der Waals surface area contributed by atoms with E-state index >= 15 is 0 Å². The maximum absolute atomic E-state index is 12.9. The van der Waals surface area contributed by atoms with Gasteiger partial charge in [-0.25, -0.2) is 4.98 Å². The molecule has 2 aromatic heterocycles. The van der Waals surface area contributed by atoms with E-state index in [1.54, 1.807) is 0 Å². The van der Waals surface area contributed by atoms with E-state index in [0.29, 0.717) is 13.2 Å². The zero-order valence-corrected chi connectivity index (χ0v) is 17.4. The van der Waals surface area contributed by atoms with Gasteiger partial charge in [0, 0.05) is 21.8 Å². The number of carbonyl (C=O) groups excluding carboxylic acids is 1. The van der Waals surface area contributed by atoms with Crippen LogP contribution < -0.4 is 4.74 Å². The minimum Gasteiger partial charge on any atom is -0.494 e. The number of aromatic nitrogens is 2. The minimum atomic E-state index is 0.0700. The SMILES string of the molecule is CCOc1ccc2nc(SC(=O)Cn3c4ccccc4c4ccccc43)sc2c1. The molecule has 0 atom stereocenters. The summed E-state index contributed by atoms with van der Waals surface area (Å²) >= 11 is 2.74. The molecule has 0 bridgehead atoms. The van der Waals surface area contributed by atoms with Gasteiger partial charge in [0.15, 0.2) is 4.34 Å². The van der Waals surface area contributed by atoms with Gasteiger partial charge in [-0.05, 0) is 49.0 Å². The Morgan fingerprint density at radius 3 is 2.41 bits per heavy atom. The molecule has 29 heavy (non-hydrogen) atoms. The third-order valence-corrected chi connectivity index (χ3v) is 6.75. The Kier molecular flexibility index (Phi) is 4.73. The van der Waals surface area contributed by atoms with E-state index in [9.17, 15) is 4.79 Å². The molecule has 0 aliphatic carbocycles. The Morgan fingerprint density at radius 1 is 1.03 bits per heavy atom. The maximum Gasteiger partial charge on any atom is 0.215 e. The van der Waals surface area contributed by atoms with E-state index < -0.39 is 0 Å². The lowest BCUT2D eigenvalue weighted by Crippen LogP contribution is -2.06. The number of nitrogens with zero attached hydrogens (tertiary/aromatic N) is 2. The van der Waals surface area contributed by atoms with E-state index in [2.05, 4.69) is 33.8 Å². The second-order valence-electron chi connectivity index (χ2n) is 6.64. The lowest BCUT2D eigenvalue weighted by molar-refractivity contribution is -0.111. The molecule has 0 fully saturated rings. The number of hydrogen-bond donors (Lipinski definition) is 0. The molecule has 5 aromatic rings. The second kappa shape index (κ2) is 7.54. The Hall–Kier alpha value is -2.83. The van der Waals surface area contributed by atoms with Crippen LogP contribution >= 0.6 is 23.1 Å². The molecular formula is C23H18N2O2S2. The monoisotopic (exact) mass is 418 g/mol. The topological polar surface area (TPSA) is 44.1 Å². The molecule has 2 heterocycles. The molecule has 0 radical (unpaired) electrons. The van der Waals surface area contributed by atoms with Gasteiger partial charge in [0.05, 0.1) is 23.4 Å². The fourth-order valence-electron chi connectivity index (χ4n) is 3.62. The number of hydrogen-bond acceptors (Lipinski definition) is 5. The Labute approximate surface area is 176 Å². The first kappa shape index (κ1) is 18.2. The molecule has 144 valence electrons. The van der Waals surface area contributed by atoms with Crippen LogP contribution in [0.3, 0.4) is 0 Å². The predicted octanol–water partition coefficient (Wildman–Crippen LogP) is 6.12. The van der Waals surface area contributed by atoms with Crippen LogP contribution in [0.2, 0.25) is 0 Å². The van der Waals surface area contributed by atoms with Crippen LogP contribution in [-0.2, 0) is 11.3 Å². The lowest BCUT2D eigenvalue weighted by atomic mass is 10.2. The lowest BCUT2D eigenvalue weighted by Gasteiger charge is -2.05. The van der Waals surface area contributed by atoms with Gasteiger partial charge >= 0.3 is 0 Å². The molecule has 5 rings (SSSR count). The van der Waals surface area contributed by atoms with E-state index in [1.165, 1.54) is 33.9 Å². The van der Waals surface area contributed by atoms with E-state index in [-0.39, 0.29) is 5.12 Å². The number of benzene rings is 3. The van der Waals surface area contributed by atoms with Crippen molar-refractivity contribution >= 4 is 60.2 Å². The van der Waals surface area contributed by atoms with Crippen molar-refractivity contribution in [2.75, 3.05) is 6.61 Å². The van der Waals surface area contributed by atoms with Gasteiger partial charge in [-0.3, -0.25) is 4.79 Å². The molecule has 0 aliphatic rings. The first-order valence-electron chi connectivity index (χ1n) is 9.43. The van der Waals surface area contributed by atoms with Gasteiger partial charge in [0.25, 0.3) is 0 Å². The van der Waals surface area contributed by atoms with Gasteiger partial charge in [-0.15, -0.1) is 11.3 Å². The summed E-state index contributed by atoms with van der Waals surface area (Å²) in [5, 5.41) is 2.41. The average Bonchev–Trinajstić information content (AvgIpc) is 3.27. The molecule has 0 saturated heterocycles. The quantitative estimate of drug-likeness (QED) is 0.322. The summed E-state index contributed by atoms with van der Waals surface area (Å²) in [4.78, 5) is 17.5. The highest BCUT2D eigenvalue weighted by Gasteiger charge is 2.15. The number of rotatable bonds is 5. The number of carbonyl (C=O) groups is 1. The van der Waals surface area contributed by atoms with Gasteiger partial charge in [0.2, 0.25) is 5.12 Å². The smallest absolute Gasteiger partial charge is 0.215 e. The normalized spacial score (nSPS) is 11.5. The maximum atomic E-state index is 12.9. The van der Waals surface area contributed by atoms with Crippen molar-refractivity contribution in [3.05, 3.63) is 66.7 Å². The van der Waals surface area contributed by atoms with Crippen LogP contribution in [0, 0.1) is 0 Å². The van der Waals surface area contributed by atoms with Crippen LogP contribution in [0.1, 0.15) is 6.92 Å². The molecule has 0 unspecified atom stereocenters. The molecule has 3 aromatic carbocycles. The Bertz CT molecular complexity index is 1300. The molecule has 0 spiro atoms. The summed E-state index contributed by atoms with van der Waals surface area (Å²) in [6.07, 6.45) is 0. The summed E-state index contributed by atoms with van der Waals surface area (Å²) in [5.41, 5.74) is 3.05. The number of para-hydroxylation sites is 2. The van der Waals surface area contributed by atoms with E-state index in [1.807, 2.05) is 49.4 Å². The molecule has 0 amide bonds. The standard InChI is InChI=1S/C23H18N2O2S2/c1-2-27-15-11-12-18-21(13-15)28-23(24-18)29-22(26)14-25-19-9-5-3-7-16(19)17-8-4-6-10-20(17)25/h3-13H,2,14H2,1H3. The van der Waals surface area contributed by atoms with Crippen LogP contribution in [-0.4, -0.2) is 21.3 Å².